The molecular formula is C21H11F3N2SSe. The van der Waals surface area contributed by atoms with Crippen molar-refractivity contribution < 1.29 is 13.2 Å². The first-order valence-electron chi connectivity index (χ1n) is 8.41. The Balaban J connectivity index is 1.84. The van der Waals surface area contributed by atoms with Crippen molar-refractivity contribution in [2.24, 2.45) is 0 Å². The van der Waals surface area contributed by atoms with Crippen molar-refractivity contribution in [3.63, 3.8) is 0 Å². The normalized spacial score (nSPS) is 12.2. The van der Waals surface area contributed by atoms with Crippen molar-refractivity contribution in [1.29, 1.82) is 0 Å². The SMILES string of the molecule is FC(F)(F)[Se]c1c2ccccc2cc2c(-c3cc4ccccc4s3)ncnc12. The van der Waals surface area contributed by atoms with Gasteiger partial charge in [-0.15, -0.1) is 0 Å². The molecule has 0 aliphatic heterocycles. The number of rotatable bonds is 2. The minimum atomic E-state index is -4.26. The van der Waals surface area contributed by atoms with E-state index in [9.17, 15) is 13.2 Å². The monoisotopic (exact) mass is 460 g/mol. The zero-order valence-electron chi connectivity index (χ0n) is 14.2. The molecule has 3 aromatic carbocycles. The Labute approximate surface area is 168 Å². The Morgan fingerprint density at radius 2 is 1.57 bits per heavy atom. The second-order valence-corrected chi connectivity index (χ2v) is 9.58. The van der Waals surface area contributed by atoms with Gasteiger partial charge >= 0.3 is 168 Å². The van der Waals surface area contributed by atoms with Crippen LogP contribution >= 0.6 is 11.3 Å². The molecule has 0 N–H and O–H groups in total. The van der Waals surface area contributed by atoms with Crippen LogP contribution in [0.4, 0.5) is 13.2 Å². The van der Waals surface area contributed by atoms with Gasteiger partial charge in [0.05, 0.1) is 0 Å². The van der Waals surface area contributed by atoms with Gasteiger partial charge in [0.25, 0.3) is 0 Å². The maximum absolute atomic E-state index is 13.3. The van der Waals surface area contributed by atoms with E-state index >= 15 is 0 Å². The molecule has 0 radical (unpaired) electrons. The number of hydrogen-bond acceptors (Lipinski definition) is 3. The summed E-state index contributed by atoms with van der Waals surface area (Å²) in [5.74, 6) is 0. The minimum absolute atomic E-state index is 0.262. The van der Waals surface area contributed by atoms with Gasteiger partial charge in [-0.25, -0.2) is 0 Å². The van der Waals surface area contributed by atoms with Crippen LogP contribution in [0, 0.1) is 0 Å². The Morgan fingerprint density at radius 1 is 0.821 bits per heavy atom. The molecule has 28 heavy (non-hydrogen) atoms. The molecule has 5 rings (SSSR count). The molecular weight excluding hydrogens is 448 g/mol. The summed E-state index contributed by atoms with van der Waals surface area (Å²) in [4.78, 5) is 9.63. The van der Waals surface area contributed by atoms with E-state index in [0.717, 1.165) is 20.3 Å². The van der Waals surface area contributed by atoms with E-state index in [1.54, 1.807) is 23.5 Å². The predicted molar refractivity (Wildman–Crippen MR) is 109 cm³/mol. The van der Waals surface area contributed by atoms with Gasteiger partial charge in [0.1, 0.15) is 0 Å². The summed E-state index contributed by atoms with van der Waals surface area (Å²) < 4.78 is 41.4. The Morgan fingerprint density at radius 3 is 2.36 bits per heavy atom. The van der Waals surface area contributed by atoms with Crippen LogP contribution < -0.4 is 4.46 Å². The molecule has 0 unspecified atom stereocenters. The zero-order chi connectivity index (χ0) is 19.3. The number of thiophene rings is 1. The molecule has 2 heterocycles. The van der Waals surface area contributed by atoms with Gasteiger partial charge in [-0.05, 0) is 0 Å². The number of nitrogens with zero attached hydrogens (tertiary/aromatic N) is 2. The summed E-state index contributed by atoms with van der Waals surface area (Å²) in [6, 6.07) is 19.1. The number of aromatic nitrogens is 2. The van der Waals surface area contributed by atoms with Crippen LogP contribution in [0.3, 0.4) is 0 Å². The van der Waals surface area contributed by atoms with E-state index in [0.29, 0.717) is 22.0 Å². The molecule has 2 nitrogen and oxygen atoms in total. The van der Waals surface area contributed by atoms with Crippen LogP contribution in [0.25, 0.3) is 42.3 Å². The zero-order valence-corrected chi connectivity index (χ0v) is 16.7. The van der Waals surface area contributed by atoms with Gasteiger partial charge < -0.3 is 0 Å². The molecule has 0 amide bonds. The van der Waals surface area contributed by atoms with Crippen LogP contribution in [-0.2, 0) is 0 Å². The van der Waals surface area contributed by atoms with Gasteiger partial charge in [-0.3, -0.25) is 0 Å². The van der Waals surface area contributed by atoms with Crippen molar-refractivity contribution in [1.82, 2.24) is 9.97 Å². The Kier molecular flexibility index (Phi) is 4.12. The molecule has 0 saturated heterocycles. The second kappa shape index (κ2) is 6.55. The number of halogens is 3. The Bertz CT molecular complexity index is 1310. The summed E-state index contributed by atoms with van der Waals surface area (Å²) in [6.45, 7) is 0. The quantitative estimate of drug-likeness (QED) is 0.257. The van der Waals surface area contributed by atoms with E-state index in [-0.39, 0.29) is 4.46 Å². The third-order valence-corrected chi connectivity index (χ3v) is 7.38. The van der Waals surface area contributed by atoms with Gasteiger partial charge in [-0.1, -0.05) is 0 Å². The van der Waals surface area contributed by atoms with Gasteiger partial charge in [0.2, 0.25) is 0 Å². The van der Waals surface area contributed by atoms with Crippen molar-refractivity contribution in [3.8, 4) is 10.6 Å². The van der Waals surface area contributed by atoms with Crippen molar-refractivity contribution in [2.45, 2.75) is 5.07 Å². The molecule has 0 aliphatic carbocycles. The second-order valence-electron chi connectivity index (χ2n) is 6.24. The number of alkyl halides is 3. The molecule has 7 heteroatoms. The fourth-order valence-electron chi connectivity index (χ4n) is 3.34. The summed E-state index contributed by atoms with van der Waals surface area (Å²) in [5, 5.41) is -1.13. The average molecular weight is 459 g/mol. The molecule has 0 bridgehead atoms. The number of benzene rings is 3. The van der Waals surface area contributed by atoms with Gasteiger partial charge in [-0.2, -0.15) is 0 Å². The van der Waals surface area contributed by atoms with Crippen molar-refractivity contribution in [2.75, 3.05) is 0 Å². The van der Waals surface area contributed by atoms with E-state index in [2.05, 4.69) is 9.97 Å². The van der Waals surface area contributed by atoms with Crippen LogP contribution in [-0.4, -0.2) is 30.0 Å². The molecule has 2 aromatic heterocycles. The first-order valence-corrected chi connectivity index (χ1v) is 10.9. The maximum atomic E-state index is 13.3. The molecule has 5 aromatic rings. The van der Waals surface area contributed by atoms with E-state index in [4.69, 9.17) is 0 Å². The topological polar surface area (TPSA) is 25.8 Å². The number of fused-ring (bicyclic) bond motifs is 3. The third kappa shape index (κ3) is 3.05. The van der Waals surface area contributed by atoms with E-state index < -0.39 is 20.0 Å². The predicted octanol–water partition coefficient (Wildman–Crippen LogP) is 5.51. The molecule has 0 fully saturated rings. The van der Waals surface area contributed by atoms with Crippen LogP contribution in [0.2, 0.25) is 0 Å². The van der Waals surface area contributed by atoms with Crippen LogP contribution in [0.5, 0.6) is 0 Å². The summed E-state index contributed by atoms with van der Waals surface area (Å²) in [5.41, 5.74) is 1.06. The van der Waals surface area contributed by atoms with E-state index in [1.165, 1.54) is 6.33 Å². The summed E-state index contributed by atoms with van der Waals surface area (Å²) >= 11 is -0.114. The Hall–Kier alpha value is -2.47. The third-order valence-electron chi connectivity index (χ3n) is 4.48. The number of hydrogen-bond donors (Lipinski definition) is 0. The van der Waals surface area contributed by atoms with E-state index in [1.807, 2.05) is 48.5 Å². The van der Waals surface area contributed by atoms with Crippen molar-refractivity contribution in [3.05, 3.63) is 67.0 Å². The first kappa shape index (κ1) is 17.6. The fraction of sp³-hybridized carbons (Fsp3) is 0.0476. The van der Waals surface area contributed by atoms with Gasteiger partial charge in [0, 0.05) is 0 Å². The van der Waals surface area contributed by atoms with Crippen LogP contribution in [0.15, 0.2) is 67.0 Å². The summed E-state index contributed by atoms with van der Waals surface area (Å²) in [6.07, 6.45) is 1.37. The van der Waals surface area contributed by atoms with Crippen LogP contribution in [0.1, 0.15) is 0 Å². The first-order chi connectivity index (χ1) is 13.5. The summed E-state index contributed by atoms with van der Waals surface area (Å²) in [7, 11) is 0. The van der Waals surface area contributed by atoms with Crippen molar-refractivity contribution >= 4 is 62.5 Å². The molecule has 0 saturated carbocycles. The average Bonchev–Trinajstić information content (AvgIpc) is 3.10. The molecule has 138 valence electrons. The fourth-order valence-corrected chi connectivity index (χ4v) is 6.06. The van der Waals surface area contributed by atoms with Gasteiger partial charge in [0.15, 0.2) is 0 Å². The molecule has 0 aliphatic rings. The molecule has 0 atom stereocenters. The molecule has 0 spiro atoms. The standard InChI is InChI=1S/C21H11F3N2SSe/c22-21(23,24)28-20-14-7-3-1-5-12(14)9-15-18(25-11-26-19(15)20)17-10-13-6-2-4-8-16(13)27-17/h1-11H.